The second-order valence-electron chi connectivity index (χ2n) is 4.15. The Labute approximate surface area is 124 Å². The normalized spacial score (nSPS) is 11.6. The van der Waals surface area contributed by atoms with E-state index >= 15 is 0 Å². The number of aliphatic imine (C=N–C) groups is 1. The summed E-state index contributed by atoms with van der Waals surface area (Å²) in [5.74, 6) is 2.08. The number of hydrogen-bond donors (Lipinski definition) is 2. The maximum atomic E-state index is 4.55. The second kappa shape index (κ2) is 10.1. The number of hydrogen-bond acceptors (Lipinski definition) is 4. The minimum Gasteiger partial charge on any atom is -0.357 e. The van der Waals surface area contributed by atoms with E-state index < -0.39 is 0 Å². The van der Waals surface area contributed by atoms with Crippen molar-refractivity contribution < 1.29 is 0 Å². The van der Waals surface area contributed by atoms with Crippen molar-refractivity contribution >= 4 is 29.1 Å². The lowest BCUT2D eigenvalue weighted by atomic mass is 10.4. The van der Waals surface area contributed by atoms with Gasteiger partial charge in [0.05, 0.1) is 5.01 Å². The highest BCUT2D eigenvalue weighted by molar-refractivity contribution is 7.98. The SMILES string of the molecule is CCNC(=NCCCSC)NCCc1ncc(C)s1. The molecule has 0 saturated carbocycles. The number of nitrogens with one attached hydrogen (secondary N) is 2. The number of thioether (sulfide) groups is 1. The Balaban J connectivity index is 2.28. The standard InChI is InChI=1S/C13H24N4S2/c1-4-14-13(15-7-5-9-18-3)16-8-6-12-17-10-11(2)19-12/h10H,4-9H2,1-3H3,(H2,14,15,16). The van der Waals surface area contributed by atoms with Crippen molar-refractivity contribution in [3.05, 3.63) is 16.1 Å². The minimum atomic E-state index is 0.876. The number of aromatic nitrogens is 1. The third kappa shape index (κ3) is 7.42. The van der Waals surface area contributed by atoms with Crippen LogP contribution in [0.3, 0.4) is 0 Å². The van der Waals surface area contributed by atoms with Gasteiger partial charge >= 0.3 is 0 Å². The van der Waals surface area contributed by atoms with Gasteiger partial charge in [0.2, 0.25) is 0 Å². The van der Waals surface area contributed by atoms with Crippen LogP contribution in [0.15, 0.2) is 11.2 Å². The molecule has 0 bridgehead atoms. The van der Waals surface area contributed by atoms with Crippen molar-refractivity contribution in [1.29, 1.82) is 0 Å². The van der Waals surface area contributed by atoms with Gasteiger partial charge in [-0.1, -0.05) is 0 Å². The van der Waals surface area contributed by atoms with Crippen molar-refractivity contribution in [2.24, 2.45) is 4.99 Å². The summed E-state index contributed by atoms with van der Waals surface area (Å²) in [5.41, 5.74) is 0. The van der Waals surface area contributed by atoms with Crippen LogP contribution in [0.25, 0.3) is 0 Å². The molecule has 4 nitrogen and oxygen atoms in total. The Morgan fingerprint density at radius 3 is 2.95 bits per heavy atom. The van der Waals surface area contributed by atoms with Gasteiger partial charge in [0, 0.05) is 37.1 Å². The van der Waals surface area contributed by atoms with E-state index in [0.29, 0.717) is 0 Å². The molecule has 0 amide bonds. The Bertz CT molecular complexity index is 376. The zero-order chi connectivity index (χ0) is 13.9. The van der Waals surface area contributed by atoms with E-state index in [1.54, 1.807) is 11.3 Å². The lowest BCUT2D eigenvalue weighted by molar-refractivity contribution is 0.792. The van der Waals surface area contributed by atoms with Crippen LogP contribution in [0.1, 0.15) is 23.2 Å². The van der Waals surface area contributed by atoms with Gasteiger partial charge in [-0.3, -0.25) is 4.99 Å². The molecule has 6 heteroatoms. The first-order valence-electron chi connectivity index (χ1n) is 6.68. The predicted molar refractivity (Wildman–Crippen MR) is 87.5 cm³/mol. The predicted octanol–water partition coefficient (Wildman–Crippen LogP) is 2.30. The van der Waals surface area contributed by atoms with E-state index in [2.05, 4.69) is 40.7 Å². The molecule has 0 spiro atoms. The van der Waals surface area contributed by atoms with Gasteiger partial charge in [-0.25, -0.2) is 4.98 Å². The second-order valence-corrected chi connectivity index (χ2v) is 6.45. The molecule has 0 aliphatic rings. The maximum absolute atomic E-state index is 4.55. The van der Waals surface area contributed by atoms with Crippen LogP contribution in [-0.4, -0.2) is 42.6 Å². The van der Waals surface area contributed by atoms with E-state index in [9.17, 15) is 0 Å². The van der Waals surface area contributed by atoms with Crippen LogP contribution in [0, 0.1) is 6.92 Å². The molecule has 1 heterocycles. The summed E-state index contributed by atoms with van der Waals surface area (Å²) >= 11 is 3.63. The molecule has 0 aliphatic carbocycles. The van der Waals surface area contributed by atoms with Gasteiger partial charge in [0.25, 0.3) is 0 Å². The Hall–Kier alpha value is -0.750. The highest BCUT2D eigenvalue weighted by Gasteiger charge is 2.00. The summed E-state index contributed by atoms with van der Waals surface area (Å²) < 4.78 is 0. The van der Waals surface area contributed by atoms with Gasteiger partial charge in [0.15, 0.2) is 5.96 Å². The van der Waals surface area contributed by atoms with Gasteiger partial charge < -0.3 is 10.6 Å². The molecule has 0 unspecified atom stereocenters. The molecule has 2 N–H and O–H groups in total. The molecule has 0 fully saturated rings. The monoisotopic (exact) mass is 300 g/mol. The Morgan fingerprint density at radius 1 is 1.47 bits per heavy atom. The van der Waals surface area contributed by atoms with E-state index in [0.717, 1.165) is 38.4 Å². The zero-order valence-corrected chi connectivity index (χ0v) is 13.7. The fourth-order valence-electron chi connectivity index (χ4n) is 1.55. The van der Waals surface area contributed by atoms with Crippen LogP contribution in [0.5, 0.6) is 0 Å². The highest BCUT2D eigenvalue weighted by atomic mass is 32.2. The smallest absolute Gasteiger partial charge is 0.191 e. The summed E-state index contributed by atoms with van der Waals surface area (Å²) in [5, 5.41) is 7.80. The average Bonchev–Trinajstić information content (AvgIpc) is 2.80. The first-order chi connectivity index (χ1) is 9.26. The van der Waals surface area contributed by atoms with Crippen molar-refractivity contribution in [2.45, 2.75) is 26.7 Å². The van der Waals surface area contributed by atoms with Crippen molar-refractivity contribution in [2.75, 3.05) is 31.6 Å². The third-order valence-corrected chi connectivity index (χ3v) is 4.09. The molecule has 0 atom stereocenters. The molecule has 0 radical (unpaired) electrons. The van der Waals surface area contributed by atoms with Gasteiger partial charge in [-0.15, -0.1) is 11.3 Å². The molecule has 19 heavy (non-hydrogen) atoms. The highest BCUT2D eigenvalue weighted by Crippen LogP contribution is 2.10. The first kappa shape index (κ1) is 16.3. The molecule has 1 aromatic heterocycles. The topological polar surface area (TPSA) is 49.3 Å². The summed E-state index contributed by atoms with van der Waals surface area (Å²) in [6.07, 6.45) is 6.14. The Kier molecular flexibility index (Phi) is 8.66. The van der Waals surface area contributed by atoms with Gasteiger partial charge in [-0.05, 0) is 32.3 Å². The molecule has 0 saturated heterocycles. The van der Waals surface area contributed by atoms with Crippen LogP contribution in [-0.2, 0) is 6.42 Å². The average molecular weight is 300 g/mol. The molecular formula is C13H24N4S2. The van der Waals surface area contributed by atoms with Crippen molar-refractivity contribution in [3.8, 4) is 0 Å². The molecule has 1 aromatic rings. The van der Waals surface area contributed by atoms with Crippen LogP contribution in [0.4, 0.5) is 0 Å². The molecule has 0 aliphatic heterocycles. The summed E-state index contributed by atoms with van der Waals surface area (Å²) in [7, 11) is 0. The number of guanidine groups is 1. The van der Waals surface area contributed by atoms with E-state index in [4.69, 9.17) is 0 Å². The van der Waals surface area contributed by atoms with E-state index in [-0.39, 0.29) is 0 Å². The third-order valence-electron chi connectivity index (χ3n) is 2.42. The van der Waals surface area contributed by atoms with E-state index in [1.165, 1.54) is 15.6 Å². The Morgan fingerprint density at radius 2 is 2.32 bits per heavy atom. The lowest BCUT2D eigenvalue weighted by Crippen LogP contribution is -2.38. The number of nitrogens with zero attached hydrogens (tertiary/aromatic N) is 2. The van der Waals surface area contributed by atoms with Gasteiger partial charge in [-0.2, -0.15) is 11.8 Å². The molecular weight excluding hydrogens is 276 g/mol. The first-order valence-corrected chi connectivity index (χ1v) is 8.89. The van der Waals surface area contributed by atoms with Crippen LogP contribution < -0.4 is 10.6 Å². The largest absolute Gasteiger partial charge is 0.357 e. The fraction of sp³-hybridized carbons (Fsp3) is 0.692. The van der Waals surface area contributed by atoms with Crippen LogP contribution in [0.2, 0.25) is 0 Å². The van der Waals surface area contributed by atoms with Crippen LogP contribution >= 0.6 is 23.1 Å². The van der Waals surface area contributed by atoms with Crippen molar-refractivity contribution in [3.63, 3.8) is 0 Å². The number of rotatable bonds is 8. The quantitative estimate of drug-likeness (QED) is 0.439. The zero-order valence-electron chi connectivity index (χ0n) is 12.0. The maximum Gasteiger partial charge on any atom is 0.191 e. The summed E-state index contributed by atoms with van der Waals surface area (Å²) in [4.78, 5) is 10.2. The van der Waals surface area contributed by atoms with Crippen molar-refractivity contribution in [1.82, 2.24) is 15.6 Å². The van der Waals surface area contributed by atoms with Gasteiger partial charge in [0.1, 0.15) is 0 Å². The lowest BCUT2D eigenvalue weighted by Gasteiger charge is -2.10. The van der Waals surface area contributed by atoms with E-state index in [1.807, 2.05) is 18.0 Å². The number of aryl methyl sites for hydroxylation is 1. The minimum absolute atomic E-state index is 0.876. The molecule has 1 rings (SSSR count). The fourth-order valence-corrected chi connectivity index (χ4v) is 2.75. The number of thiazole rings is 1. The molecule has 108 valence electrons. The summed E-state index contributed by atoms with van der Waals surface area (Å²) in [6.45, 7) is 6.83. The summed E-state index contributed by atoms with van der Waals surface area (Å²) in [6, 6.07) is 0. The molecule has 0 aromatic carbocycles.